The van der Waals surface area contributed by atoms with Crippen LogP contribution in [0.5, 0.6) is 0 Å². The number of rotatable bonds is 1. The maximum atomic E-state index is 12.0. The molecule has 1 N–H and O–H groups in total. The van der Waals surface area contributed by atoms with Crippen molar-refractivity contribution in [1.29, 1.82) is 0 Å². The molecule has 82 valence electrons. The summed E-state index contributed by atoms with van der Waals surface area (Å²) in [5.41, 5.74) is 1.98. The fourth-order valence-corrected chi connectivity index (χ4v) is 1.99. The molecule has 0 aliphatic heterocycles. The van der Waals surface area contributed by atoms with Gasteiger partial charge in [-0.15, -0.1) is 0 Å². The van der Waals surface area contributed by atoms with Gasteiger partial charge < -0.3 is 4.98 Å². The van der Waals surface area contributed by atoms with E-state index in [4.69, 9.17) is 0 Å². The van der Waals surface area contributed by atoms with Crippen LogP contribution in [0.3, 0.4) is 0 Å². The summed E-state index contributed by atoms with van der Waals surface area (Å²) in [5, 5.41) is 0. The maximum Gasteiger partial charge on any atom is 0.197 e. The molecule has 0 fully saturated rings. The van der Waals surface area contributed by atoms with Crippen LogP contribution in [0.1, 0.15) is 26.4 Å². The van der Waals surface area contributed by atoms with Gasteiger partial charge in [0.25, 0.3) is 0 Å². The lowest BCUT2D eigenvalue weighted by Crippen LogP contribution is -2.00. The van der Waals surface area contributed by atoms with Gasteiger partial charge in [-0.25, -0.2) is 0 Å². The molecule has 2 aromatic rings. The Bertz CT molecular complexity index is 599. The van der Waals surface area contributed by atoms with Crippen LogP contribution in [0.15, 0.2) is 48.2 Å². The highest BCUT2D eigenvalue weighted by molar-refractivity contribution is 6.41. The van der Waals surface area contributed by atoms with Crippen molar-refractivity contribution >= 4 is 17.6 Å². The van der Waals surface area contributed by atoms with Crippen molar-refractivity contribution in [3.05, 3.63) is 65.0 Å². The highest BCUT2D eigenvalue weighted by Gasteiger charge is 2.32. The Labute approximate surface area is 97.8 Å². The highest BCUT2D eigenvalue weighted by atomic mass is 16.2. The first kappa shape index (κ1) is 9.78. The van der Waals surface area contributed by atoms with Gasteiger partial charge in [-0.1, -0.05) is 24.3 Å². The topological polar surface area (TPSA) is 49.9 Å². The molecule has 1 aromatic heterocycles. The third-order valence-electron chi connectivity index (χ3n) is 2.83. The van der Waals surface area contributed by atoms with Crippen LogP contribution >= 0.6 is 0 Å². The molecule has 3 nitrogen and oxygen atoms in total. The molecule has 0 amide bonds. The molecule has 0 unspecified atom stereocenters. The molecule has 3 rings (SSSR count). The van der Waals surface area contributed by atoms with Crippen molar-refractivity contribution in [2.75, 3.05) is 0 Å². The number of hydrogen-bond acceptors (Lipinski definition) is 2. The lowest BCUT2D eigenvalue weighted by molar-refractivity contribution is 0.0990. The van der Waals surface area contributed by atoms with Gasteiger partial charge in [-0.2, -0.15) is 0 Å². The van der Waals surface area contributed by atoms with Crippen LogP contribution in [0.4, 0.5) is 0 Å². The van der Waals surface area contributed by atoms with Gasteiger partial charge in [0.15, 0.2) is 11.6 Å². The largest absolute Gasteiger partial charge is 0.362 e. The number of benzene rings is 1. The summed E-state index contributed by atoms with van der Waals surface area (Å²) in [6, 6.07) is 10.5. The number of aromatic nitrogens is 1. The van der Waals surface area contributed by atoms with Crippen LogP contribution < -0.4 is 0 Å². The zero-order chi connectivity index (χ0) is 11.8. The minimum Gasteiger partial charge on any atom is -0.362 e. The Kier molecular flexibility index (Phi) is 2.05. The average Bonchev–Trinajstić information content (AvgIpc) is 2.94. The summed E-state index contributed by atoms with van der Waals surface area (Å²) < 4.78 is 0. The second kappa shape index (κ2) is 3.56. The van der Waals surface area contributed by atoms with E-state index in [1.165, 1.54) is 0 Å². The quantitative estimate of drug-likeness (QED) is 0.596. The first-order valence-corrected chi connectivity index (χ1v) is 5.31. The van der Waals surface area contributed by atoms with E-state index >= 15 is 0 Å². The number of carbonyl (C=O) groups is 2. The molecular weight excluding hydrogens is 214 g/mol. The molecule has 0 spiro atoms. The molecule has 0 atom stereocenters. The fourth-order valence-electron chi connectivity index (χ4n) is 1.99. The molecule has 0 saturated heterocycles. The second-order valence-corrected chi connectivity index (χ2v) is 3.89. The molecule has 1 aromatic carbocycles. The van der Waals surface area contributed by atoms with Gasteiger partial charge in [0, 0.05) is 23.0 Å². The highest BCUT2D eigenvalue weighted by Crippen LogP contribution is 2.27. The third-order valence-corrected chi connectivity index (χ3v) is 2.83. The van der Waals surface area contributed by atoms with Crippen molar-refractivity contribution in [2.45, 2.75) is 0 Å². The van der Waals surface area contributed by atoms with E-state index in [0.717, 1.165) is 5.69 Å². The van der Waals surface area contributed by atoms with Crippen molar-refractivity contribution in [3.8, 4) is 0 Å². The first-order valence-electron chi connectivity index (χ1n) is 5.31. The van der Waals surface area contributed by atoms with Crippen molar-refractivity contribution in [3.63, 3.8) is 0 Å². The number of fused-ring (bicyclic) bond motifs is 1. The van der Waals surface area contributed by atoms with Gasteiger partial charge in [-0.3, -0.25) is 9.59 Å². The maximum absolute atomic E-state index is 12.0. The van der Waals surface area contributed by atoms with Gasteiger partial charge >= 0.3 is 0 Å². The summed E-state index contributed by atoms with van der Waals surface area (Å²) in [4.78, 5) is 27.0. The predicted octanol–water partition coefficient (Wildman–Crippen LogP) is 2.48. The van der Waals surface area contributed by atoms with Crippen molar-refractivity contribution < 1.29 is 9.59 Å². The zero-order valence-electron chi connectivity index (χ0n) is 8.94. The molecule has 0 saturated carbocycles. The minimum absolute atomic E-state index is 0.194. The van der Waals surface area contributed by atoms with Crippen LogP contribution in [0.2, 0.25) is 0 Å². The number of hydrogen-bond donors (Lipinski definition) is 1. The van der Waals surface area contributed by atoms with Gasteiger partial charge in [0.1, 0.15) is 0 Å². The number of nitrogens with one attached hydrogen (secondary N) is 1. The van der Waals surface area contributed by atoms with E-state index in [1.54, 1.807) is 36.5 Å². The normalized spacial score (nSPS) is 14.0. The number of carbonyl (C=O) groups excluding carboxylic acids is 2. The molecule has 0 bridgehead atoms. The third kappa shape index (κ3) is 1.44. The van der Waals surface area contributed by atoms with E-state index in [0.29, 0.717) is 11.1 Å². The molecule has 1 aliphatic rings. The molecule has 1 aliphatic carbocycles. The van der Waals surface area contributed by atoms with Crippen LogP contribution in [-0.2, 0) is 0 Å². The SMILES string of the molecule is O=C1C(=Cc2ccc[nH]2)C(=O)c2ccccc21. The molecule has 0 radical (unpaired) electrons. The lowest BCUT2D eigenvalue weighted by atomic mass is 10.1. The average molecular weight is 223 g/mol. The van der Waals surface area contributed by atoms with E-state index in [9.17, 15) is 9.59 Å². The smallest absolute Gasteiger partial charge is 0.197 e. The Morgan fingerprint density at radius 3 is 2.06 bits per heavy atom. The Balaban J connectivity index is 2.13. The van der Waals surface area contributed by atoms with Gasteiger partial charge in [0.05, 0.1) is 5.57 Å². The van der Waals surface area contributed by atoms with E-state index < -0.39 is 0 Å². The Morgan fingerprint density at radius 2 is 1.53 bits per heavy atom. The van der Waals surface area contributed by atoms with E-state index in [2.05, 4.69) is 4.98 Å². The summed E-state index contributed by atoms with van der Waals surface area (Å²) in [7, 11) is 0. The van der Waals surface area contributed by atoms with Gasteiger partial charge in [-0.05, 0) is 18.2 Å². The molecule has 1 heterocycles. The van der Waals surface area contributed by atoms with Crippen LogP contribution in [0, 0.1) is 0 Å². The lowest BCUT2D eigenvalue weighted by Gasteiger charge is -1.91. The van der Waals surface area contributed by atoms with Crippen LogP contribution in [0.25, 0.3) is 6.08 Å². The molecule has 3 heteroatoms. The van der Waals surface area contributed by atoms with Crippen molar-refractivity contribution in [2.24, 2.45) is 0 Å². The Morgan fingerprint density at radius 1 is 0.882 bits per heavy atom. The Hall–Kier alpha value is -2.42. The van der Waals surface area contributed by atoms with Crippen LogP contribution in [-0.4, -0.2) is 16.6 Å². The fraction of sp³-hybridized carbons (Fsp3) is 0. The number of ketones is 2. The summed E-state index contributed by atoms with van der Waals surface area (Å²) in [6.45, 7) is 0. The monoisotopic (exact) mass is 223 g/mol. The predicted molar refractivity (Wildman–Crippen MR) is 63.9 cm³/mol. The first-order chi connectivity index (χ1) is 8.27. The number of allylic oxidation sites excluding steroid dienone is 1. The van der Waals surface area contributed by atoms with Crippen molar-refractivity contribution in [1.82, 2.24) is 4.98 Å². The summed E-state index contributed by atoms with van der Waals surface area (Å²) >= 11 is 0. The number of Topliss-reactive ketones (excluding diaryl/α,β-unsaturated/α-hetero) is 2. The molecular formula is C14H9NO2. The standard InChI is InChI=1S/C14H9NO2/c16-13-10-5-1-2-6-11(10)14(17)12(13)8-9-4-3-7-15-9/h1-8,15H. The summed E-state index contributed by atoms with van der Waals surface area (Å²) in [6.07, 6.45) is 3.36. The summed E-state index contributed by atoms with van der Waals surface area (Å²) in [5.74, 6) is -0.389. The second-order valence-electron chi connectivity index (χ2n) is 3.89. The van der Waals surface area contributed by atoms with Gasteiger partial charge in [0.2, 0.25) is 0 Å². The number of H-pyrrole nitrogens is 1. The number of aromatic amines is 1. The zero-order valence-corrected chi connectivity index (χ0v) is 8.94. The molecule has 17 heavy (non-hydrogen) atoms. The van der Waals surface area contributed by atoms with E-state index in [1.807, 2.05) is 12.1 Å². The van der Waals surface area contributed by atoms with E-state index in [-0.39, 0.29) is 17.1 Å². The minimum atomic E-state index is -0.194.